The average Bonchev–Trinajstić information content (AvgIpc) is 3.10. The van der Waals surface area contributed by atoms with E-state index >= 15 is 0 Å². The fraction of sp³-hybridized carbons (Fsp3) is 0.600. The van der Waals surface area contributed by atoms with E-state index in [1.54, 1.807) is 0 Å². The van der Waals surface area contributed by atoms with Crippen molar-refractivity contribution in [3.8, 4) is 5.75 Å². The summed E-state index contributed by atoms with van der Waals surface area (Å²) in [4.78, 5) is 0. The number of fused-ring (bicyclic) bond motifs is 1. The van der Waals surface area contributed by atoms with E-state index in [2.05, 4.69) is 23.6 Å². The third-order valence-electron chi connectivity index (χ3n) is 4.13. The maximum Gasteiger partial charge on any atom is 0.122 e. The molecular weight excluding hydrogens is 240 g/mol. The van der Waals surface area contributed by atoms with E-state index < -0.39 is 0 Å². The average molecular weight is 262 g/mol. The molecule has 4 heteroatoms. The van der Waals surface area contributed by atoms with Crippen molar-refractivity contribution in [2.75, 3.05) is 13.2 Å². The van der Waals surface area contributed by atoms with Gasteiger partial charge in [0.25, 0.3) is 0 Å². The fourth-order valence-electron chi connectivity index (χ4n) is 3.01. The van der Waals surface area contributed by atoms with Gasteiger partial charge in [-0.3, -0.25) is 11.3 Å². The fourth-order valence-corrected chi connectivity index (χ4v) is 3.01. The molecule has 2 unspecified atom stereocenters. The molecule has 104 valence electrons. The highest BCUT2D eigenvalue weighted by molar-refractivity contribution is 5.39. The summed E-state index contributed by atoms with van der Waals surface area (Å²) < 4.78 is 11.2. The zero-order chi connectivity index (χ0) is 13.1. The monoisotopic (exact) mass is 262 g/mol. The van der Waals surface area contributed by atoms with Gasteiger partial charge in [-0.15, -0.1) is 0 Å². The lowest BCUT2D eigenvalue weighted by molar-refractivity contribution is 0.0757. The van der Waals surface area contributed by atoms with E-state index in [0.717, 1.165) is 51.1 Å². The Hall–Kier alpha value is -1.10. The van der Waals surface area contributed by atoms with E-state index in [-0.39, 0.29) is 12.1 Å². The van der Waals surface area contributed by atoms with Crippen LogP contribution in [0.1, 0.15) is 30.4 Å². The molecule has 0 amide bonds. The van der Waals surface area contributed by atoms with Gasteiger partial charge < -0.3 is 9.47 Å². The third-order valence-corrected chi connectivity index (χ3v) is 4.13. The normalized spacial score (nSPS) is 23.1. The van der Waals surface area contributed by atoms with E-state index in [9.17, 15) is 0 Å². The molecular formula is C15H22N2O2. The van der Waals surface area contributed by atoms with E-state index in [1.165, 1.54) is 11.1 Å². The minimum Gasteiger partial charge on any atom is -0.493 e. The number of nitrogens with one attached hydrogen (secondary N) is 1. The Labute approximate surface area is 114 Å². The second-order valence-corrected chi connectivity index (χ2v) is 5.40. The molecule has 4 nitrogen and oxygen atoms in total. The zero-order valence-electron chi connectivity index (χ0n) is 11.2. The van der Waals surface area contributed by atoms with Gasteiger partial charge in [0.1, 0.15) is 5.75 Å². The summed E-state index contributed by atoms with van der Waals surface area (Å²) in [5, 5.41) is 0. The molecule has 1 fully saturated rings. The molecule has 3 rings (SSSR count). The quantitative estimate of drug-likeness (QED) is 0.624. The van der Waals surface area contributed by atoms with Gasteiger partial charge in [-0.25, -0.2) is 0 Å². The van der Waals surface area contributed by atoms with Crippen LogP contribution in [-0.2, 0) is 17.6 Å². The largest absolute Gasteiger partial charge is 0.493 e. The Morgan fingerprint density at radius 1 is 1.37 bits per heavy atom. The Morgan fingerprint density at radius 3 is 3.11 bits per heavy atom. The van der Waals surface area contributed by atoms with Crippen LogP contribution >= 0.6 is 0 Å². The van der Waals surface area contributed by atoms with Crippen LogP contribution in [0.25, 0.3) is 0 Å². The highest BCUT2D eigenvalue weighted by Crippen LogP contribution is 2.27. The van der Waals surface area contributed by atoms with Gasteiger partial charge in [0, 0.05) is 19.1 Å². The van der Waals surface area contributed by atoms with Gasteiger partial charge in [0.2, 0.25) is 0 Å². The van der Waals surface area contributed by atoms with Crippen molar-refractivity contribution in [1.82, 2.24) is 5.43 Å². The van der Waals surface area contributed by atoms with Crippen LogP contribution in [-0.4, -0.2) is 25.4 Å². The van der Waals surface area contributed by atoms with Crippen molar-refractivity contribution in [2.24, 2.45) is 5.84 Å². The molecule has 19 heavy (non-hydrogen) atoms. The van der Waals surface area contributed by atoms with Crippen molar-refractivity contribution >= 4 is 0 Å². The van der Waals surface area contributed by atoms with E-state index in [0.29, 0.717) is 0 Å². The number of aryl methyl sites for hydroxylation is 1. The molecule has 0 saturated carbocycles. The minimum atomic E-state index is 0.256. The Bertz CT molecular complexity index is 430. The second-order valence-electron chi connectivity index (χ2n) is 5.40. The summed E-state index contributed by atoms with van der Waals surface area (Å²) in [6, 6.07) is 6.78. The van der Waals surface area contributed by atoms with Crippen molar-refractivity contribution in [1.29, 1.82) is 0 Å². The molecule has 2 atom stereocenters. The van der Waals surface area contributed by atoms with Gasteiger partial charge in [-0.1, -0.05) is 12.1 Å². The predicted molar refractivity (Wildman–Crippen MR) is 74.0 cm³/mol. The maximum atomic E-state index is 5.71. The Morgan fingerprint density at radius 2 is 2.32 bits per heavy atom. The number of hydrazine groups is 1. The number of benzene rings is 1. The van der Waals surface area contributed by atoms with Crippen LogP contribution in [0.15, 0.2) is 18.2 Å². The zero-order valence-corrected chi connectivity index (χ0v) is 11.2. The summed E-state index contributed by atoms with van der Waals surface area (Å²) in [6.45, 7) is 1.70. The lowest BCUT2D eigenvalue weighted by Crippen LogP contribution is -2.44. The molecule has 0 spiro atoms. The Kier molecular flexibility index (Phi) is 4.01. The number of hydrogen-bond acceptors (Lipinski definition) is 4. The highest BCUT2D eigenvalue weighted by Gasteiger charge is 2.24. The number of rotatable bonds is 5. The second kappa shape index (κ2) is 5.90. The number of hydrogen-bond donors (Lipinski definition) is 2. The van der Waals surface area contributed by atoms with Crippen molar-refractivity contribution in [2.45, 2.75) is 44.2 Å². The first-order chi connectivity index (χ1) is 9.36. The molecule has 1 saturated heterocycles. The number of nitrogens with two attached hydrogens (primary N) is 1. The van der Waals surface area contributed by atoms with Gasteiger partial charge in [0.15, 0.2) is 0 Å². The smallest absolute Gasteiger partial charge is 0.122 e. The highest BCUT2D eigenvalue weighted by atomic mass is 16.5. The van der Waals surface area contributed by atoms with Crippen LogP contribution < -0.4 is 16.0 Å². The number of ether oxygens (including phenoxy) is 2. The van der Waals surface area contributed by atoms with Crippen molar-refractivity contribution in [3.63, 3.8) is 0 Å². The van der Waals surface area contributed by atoms with Crippen LogP contribution in [0, 0.1) is 0 Å². The molecule has 1 aromatic rings. The SMILES string of the molecule is NNC(CCc1ccc2c(c1)CCO2)C1CCCO1. The molecule has 0 radical (unpaired) electrons. The summed E-state index contributed by atoms with van der Waals surface area (Å²) >= 11 is 0. The van der Waals surface area contributed by atoms with Crippen molar-refractivity contribution < 1.29 is 9.47 Å². The summed E-state index contributed by atoms with van der Waals surface area (Å²) in [7, 11) is 0. The molecule has 2 heterocycles. The van der Waals surface area contributed by atoms with Crippen LogP contribution in [0.3, 0.4) is 0 Å². The topological polar surface area (TPSA) is 56.5 Å². The summed E-state index contributed by atoms with van der Waals surface area (Å²) in [5.74, 6) is 6.71. The standard InChI is InChI=1S/C15H22N2O2/c16-17-13(15-2-1-8-18-15)5-3-11-4-6-14-12(10-11)7-9-19-14/h4,6,10,13,15,17H,1-3,5,7-9,16H2. The van der Waals surface area contributed by atoms with Gasteiger partial charge in [0.05, 0.1) is 12.7 Å². The van der Waals surface area contributed by atoms with E-state index in [4.69, 9.17) is 15.3 Å². The van der Waals surface area contributed by atoms with Crippen LogP contribution in [0.5, 0.6) is 5.75 Å². The van der Waals surface area contributed by atoms with Crippen LogP contribution in [0.2, 0.25) is 0 Å². The third kappa shape index (κ3) is 2.91. The first-order valence-corrected chi connectivity index (χ1v) is 7.19. The van der Waals surface area contributed by atoms with Crippen molar-refractivity contribution in [3.05, 3.63) is 29.3 Å². The van der Waals surface area contributed by atoms with Gasteiger partial charge in [-0.05, 0) is 42.9 Å². The molecule has 3 N–H and O–H groups in total. The molecule has 0 bridgehead atoms. The first kappa shape index (κ1) is 12.9. The lowest BCUT2D eigenvalue weighted by Gasteiger charge is -2.22. The van der Waals surface area contributed by atoms with Gasteiger partial charge >= 0.3 is 0 Å². The lowest BCUT2D eigenvalue weighted by atomic mass is 9.98. The molecule has 2 aliphatic heterocycles. The summed E-state index contributed by atoms with van der Waals surface area (Å²) in [5.41, 5.74) is 5.62. The molecule has 0 aromatic heterocycles. The molecule has 0 aliphatic carbocycles. The molecule has 1 aromatic carbocycles. The van der Waals surface area contributed by atoms with Crippen LogP contribution in [0.4, 0.5) is 0 Å². The Balaban J connectivity index is 1.58. The maximum absolute atomic E-state index is 5.71. The minimum absolute atomic E-state index is 0.256. The first-order valence-electron chi connectivity index (χ1n) is 7.19. The van der Waals surface area contributed by atoms with Gasteiger partial charge in [-0.2, -0.15) is 0 Å². The predicted octanol–water partition coefficient (Wildman–Crippen LogP) is 1.56. The summed E-state index contributed by atoms with van der Waals surface area (Å²) in [6.07, 6.45) is 5.63. The van der Waals surface area contributed by atoms with E-state index in [1.807, 2.05) is 0 Å². The molecule has 2 aliphatic rings.